The first kappa shape index (κ1) is 21.1. The van der Waals surface area contributed by atoms with Crippen LogP contribution in [0.3, 0.4) is 0 Å². The van der Waals surface area contributed by atoms with Crippen molar-refractivity contribution in [3.63, 3.8) is 0 Å². The first-order valence-electron chi connectivity index (χ1n) is 9.65. The summed E-state index contributed by atoms with van der Waals surface area (Å²) in [6.45, 7) is 10.9. The van der Waals surface area contributed by atoms with Gasteiger partial charge in [-0.15, -0.1) is 0 Å². The Hall–Kier alpha value is -2.60. The van der Waals surface area contributed by atoms with Crippen LogP contribution < -0.4 is 10.9 Å². The lowest BCUT2D eigenvalue weighted by atomic mass is 9.97. The molecule has 152 valence electrons. The van der Waals surface area contributed by atoms with E-state index in [2.05, 4.69) is 26.1 Å². The molecule has 0 spiro atoms. The summed E-state index contributed by atoms with van der Waals surface area (Å²) >= 11 is 1.28. The van der Waals surface area contributed by atoms with Crippen molar-refractivity contribution in [2.75, 3.05) is 12.3 Å². The summed E-state index contributed by atoms with van der Waals surface area (Å²) in [5, 5.41) is 4.02. The average molecular weight is 410 g/mol. The molecular weight excluding hydrogens is 382 g/mol. The van der Waals surface area contributed by atoms with Gasteiger partial charge in [-0.05, 0) is 54.7 Å². The molecule has 2 aromatic carbocycles. The van der Waals surface area contributed by atoms with E-state index in [0.717, 1.165) is 16.8 Å². The number of nitrogens with one attached hydrogen (secondary N) is 1. The molecule has 1 N–H and O–H groups in total. The van der Waals surface area contributed by atoms with Gasteiger partial charge in [-0.3, -0.25) is 14.2 Å². The fraction of sp³-hybridized carbons (Fsp3) is 0.348. The molecule has 1 heterocycles. The van der Waals surface area contributed by atoms with E-state index in [4.69, 9.17) is 4.98 Å². The van der Waals surface area contributed by atoms with Gasteiger partial charge in [0, 0.05) is 6.54 Å². The lowest BCUT2D eigenvalue weighted by Gasteiger charge is -2.19. The number of rotatable bonds is 5. The fourth-order valence-corrected chi connectivity index (χ4v) is 3.69. The Balaban J connectivity index is 2.00. The predicted octanol–water partition coefficient (Wildman–Crippen LogP) is 4.26. The van der Waals surface area contributed by atoms with Crippen LogP contribution in [0.2, 0.25) is 0 Å². The van der Waals surface area contributed by atoms with Gasteiger partial charge in [0.15, 0.2) is 5.16 Å². The van der Waals surface area contributed by atoms with E-state index in [9.17, 15) is 9.59 Å². The monoisotopic (exact) mass is 409 g/mol. The van der Waals surface area contributed by atoms with Crippen LogP contribution in [0.25, 0.3) is 16.6 Å². The highest BCUT2D eigenvalue weighted by Crippen LogP contribution is 2.22. The molecule has 0 aliphatic heterocycles. The van der Waals surface area contributed by atoms with Crippen LogP contribution in [0.15, 0.2) is 52.4 Å². The third kappa shape index (κ3) is 5.07. The van der Waals surface area contributed by atoms with Crippen LogP contribution in [-0.2, 0) is 4.79 Å². The highest BCUT2D eigenvalue weighted by Gasteiger charge is 2.16. The van der Waals surface area contributed by atoms with E-state index in [1.54, 1.807) is 10.6 Å². The maximum Gasteiger partial charge on any atom is 0.266 e. The Morgan fingerprint density at radius 3 is 2.52 bits per heavy atom. The summed E-state index contributed by atoms with van der Waals surface area (Å²) < 4.78 is 1.61. The van der Waals surface area contributed by atoms with Gasteiger partial charge in [0.1, 0.15) is 0 Å². The molecule has 3 rings (SSSR count). The standard InChI is InChI=1S/C23H27N3O2S/c1-15-10-11-17(12-16(15)2)26-21(28)18-8-6-7-9-19(18)25-22(26)29-13-20(27)24-14-23(3,4)5/h6-12H,13-14H2,1-5H3,(H,24,27). The molecule has 29 heavy (non-hydrogen) atoms. The first-order chi connectivity index (χ1) is 13.7. The lowest BCUT2D eigenvalue weighted by molar-refractivity contribution is -0.118. The van der Waals surface area contributed by atoms with Crippen LogP contribution in [0.4, 0.5) is 0 Å². The summed E-state index contributed by atoms with van der Waals surface area (Å²) in [4.78, 5) is 30.3. The third-order valence-corrected chi connectivity index (χ3v) is 5.58. The molecule has 0 saturated carbocycles. The number of para-hydroxylation sites is 1. The van der Waals surface area contributed by atoms with Crippen molar-refractivity contribution in [2.45, 2.75) is 39.8 Å². The van der Waals surface area contributed by atoms with Crippen LogP contribution in [0.1, 0.15) is 31.9 Å². The second-order valence-electron chi connectivity index (χ2n) is 8.45. The van der Waals surface area contributed by atoms with Crippen molar-refractivity contribution < 1.29 is 4.79 Å². The number of thioether (sulfide) groups is 1. The van der Waals surface area contributed by atoms with Crippen LogP contribution >= 0.6 is 11.8 Å². The summed E-state index contributed by atoms with van der Waals surface area (Å²) in [7, 11) is 0. The number of fused-ring (bicyclic) bond motifs is 1. The highest BCUT2D eigenvalue weighted by molar-refractivity contribution is 7.99. The first-order valence-corrected chi connectivity index (χ1v) is 10.6. The Kier molecular flexibility index (Phi) is 6.13. The molecule has 3 aromatic rings. The largest absolute Gasteiger partial charge is 0.355 e. The van der Waals surface area contributed by atoms with E-state index < -0.39 is 0 Å². The van der Waals surface area contributed by atoms with Crippen molar-refractivity contribution in [1.29, 1.82) is 0 Å². The molecular formula is C23H27N3O2S. The SMILES string of the molecule is Cc1ccc(-n2c(SCC(=O)NCC(C)(C)C)nc3ccccc3c2=O)cc1C. The van der Waals surface area contributed by atoms with Crippen LogP contribution in [0.5, 0.6) is 0 Å². The minimum atomic E-state index is -0.128. The Labute approximate surface area is 175 Å². The summed E-state index contributed by atoms with van der Waals surface area (Å²) in [6, 6.07) is 13.2. The summed E-state index contributed by atoms with van der Waals surface area (Å²) in [5.41, 5.74) is 3.54. The molecule has 0 unspecified atom stereocenters. The number of hydrogen-bond donors (Lipinski definition) is 1. The van der Waals surface area contributed by atoms with Gasteiger partial charge in [-0.2, -0.15) is 0 Å². The molecule has 0 radical (unpaired) electrons. The molecule has 0 bridgehead atoms. The van der Waals surface area contributed by atoms with E-state index in [1.165, 1.54) is 11.8 Å². The molecule has 0 aliphatic rings. The summed E-state index contributed by atoms with van der Waals surface area (Å²) in [5.74, 6) is 0.130. The zero-order chi connectivity index (χ0) is 21.2. The molecule has 6 heteroatoms. The van der Waals surface area contributed by atoms with Gasteiger partial charge >= 0.3 is 0 Å². The van der Waals surface area contributed by atoms with Crippen LogP contribution in [-0.4, -0.2) is 27.8 Å². The van der Waals surface area contributed by atoms with Gasteiger partial charge in [-0.25, -0.2) is 4.98 Å². The van der Waals surface area contributed by atoms with Gasteiger partial charge in [0.05, 0.1) is 22.3 Å². The van der Waals surface area contributed by atoms with Crippen LogP contribution in [0, 0.1) is 19.3 Å². The van der Waals surface area contributed by atoms with Crippen molar-refractivity contribution in [1.82, 2.24) is 14.9 Å². The maximum absolute atomic E-state index is 13.3. The number of amides is 1. The zero-order valence-electron chi connectivity index (χ0n) is 17.6. The number of aryl methyl sites for hydroxylation is 2. The molecule has 1 amide bonds. The number of nitrogens with zero attached hydrogens (tertiary/aromatic N) is 2. The topological polar surface area (TPSA) is 64.0 Å². The van der Waals surface area contributed by atoms with Crippen molar-refractivity contribution >= 4 is 28.6 Å². The van der Waals surface area contributed by atoms with E-state index >= 15 is 0 Å². The fourth-order valence-electron chi connectivity index (χ4n) is 2.85. The number of carbonyl (C=O) groups excluding carboxylic acids is 1. The number of aromatic nitrogens is 2. The van der Waals surface area contributed by atoms with Crippen molar-refractivity contribution in [3.8, 4) is 5.69 Å². The summed E-state index contributed by atoms with van der Waals surface area (Å²) in [6.07, 6.45) is 0. The maximum atomic E-state index is 13.3. The highest BCUT2D eigenvalue weighted by atomic mass is 32.2. The molecule has 1 aromatic heterocycles. The van der Waals surface area contributed by atoms with E-state index in [-0.39, 0.29) is 22.6 Å². The molecule has 0 saturated heterocycles. The lowest BCUT2D eigenvalue weighted by Crippen LogP contribution is -2.33. The number of hydrogen-bond acceptors (Lipinski definition) is 4. The Morgan fingerprint density at radius 2 is 1.83 bits per heavy atom. The molecule has 0 fully saturated rings. The average Bonchev–Trinajstić information content (AvgIpc) is 2.66. The second-order valence-corrected chi connectivity index (χ2v) is 9.39. The van der Waals surface area contributed by atoms with Crippen molar-refractivity contribution in [3.05, 3.63) is 63.9 Å². The number of carbonyl (C=O) groups is 1. The minimum absolute atomic E-state index is 0.0169. The van der Waals surface area contributed by atoms with Gasteiger partial charge in [-0.1, -0.05) is 50.7 Å². The zero-order valence-corrected chi connectivity index (χ0v) is 18.4. The quantitative estimate of drug-likeness (QED) is 0.505. The third-order valence-electron chi connectivity index (χ3n) is 4.64. The van der Waals surface area contributed by atoms with Gasteiger partial charge < -0.3 is 5.32 Å². The van der Waals surface area contributed by atoms with Crippen molar-refractivity contribution in [2.24, 2.45) is 5.41 Å². The molecule has 0 aliphatic carbocycles. The van der Waals surface area contributed by atoms with E-state index in [1.807, 2.05) is 50.2 Å². The molecule has 0 atom stereocenters. The normalized spacial score (nSPS) is 11.6. The molecule has 5 nitrogen and oxygen atoms in total. The predicted molar refractivity (Wildman–Crippen MR) is 120 cm³/mol. The Bertz CT molecular complexity index is 1110. The van der Waals surface area contributed by atoms with Gasteiger partial charge in [0.25, 0.3) is 5.56 Å². The Morgan fingerprint density at radius 1 is 1.10 bits per heavy atom. The minimum Gasteiger partial charge on any atom is -0.355 e. The van der Waals surface area contributed by atoms with Gasteiger partial charge in [0.2, 0.25) is 5.91 Å². The second kappa shape index (κ2) is 8.41. The smallest absolute Gasteiger partial charge is 0.266 e. The van der Waals surface area contributed by atoms with E-state index in [0.29, 0.717) is 22.6 Å². The number of benzene rings is 2.